The van der Waals surface area contributed by atoms with E-state index in [4.69, 9.17) is 4.74 Å². The van der Waals surface area contributed by atoms with Crippen LogP contribution >= 0.6 is 33.9 Å². The maximum absolute atomic E-state index is 12.2. The first kappa shape index (κ1) is 14.6. The molecule has 1 fully saturated rings. The topological polar surface area (TPSA) is 49.9 Å². The van der Waals surface area contributed by atoms with Crippen LogP contribution in [0.3, 0.4) is 0 Å². The molecule has 0 bridgehead atoms. The van der Waals surface area contributed by atoms with Crippen LogP contribution in [0.15, 0.2) is 11.4 Å². The number of piperazine rings is 1. The zero-order valence-electron chi connectivity index (χ0n) is 10.6. The number of carbonyl (C=O) groups excluding carboxylic acids is 2. The van der Waals surface area contributed by atoms with Crippen LogP contribution in [-0.4, -0.2) is 54.6 Å². The van der Waals surface area contributed by atoms with Gasteiger partial charge in [-0.05, 0) is 35.6 Å². The van der Waals surface area contributed by atoms with Crippen LogP contribution in [-0.2, 0) is 4.74 Å². The third-order valence-corrected chi connectivity index (χ3v) is 4.70. The zero-order valence-corrected chi connectivity index (χ0v) is 13.6. The van der Waals surface area contributed by atoms with E-state index < -0.39 is 0 Å². The van der Waals surface area contributed by atoms with Crippen molar-refractivity contribution in [2.75, 3.05) is 32.8 Å². The van der Waals surface area contributed by atoms with E-state index in [1.54, 1.807) is 28.1 Å². The van der Waals surface area contributed by atoms with Gasteiger partial charge >= 0.3 is 6.09 Å². The molecule has 0 radical (unpaired) electrons. The summed E-state index contributed by atoms with van der Waals surface area (Å²) < 4.78 is 6.05. The Morgan fingerprint density at radius 2 is 1.95 bits per heavy atom. The molecule has 2 rings (SSSR count). The Bertz CT molecular complexity index is 469. The van der Waals surface area contributed by atoms with Crippen molar-refractivity contribution in [2.24, 2.45) is 0 Å². The van der Waals surface area contributed by atoms with E-state index in [0.29, 0.717) is 32.8 Å². The van der Waals surface area contributed by atoms with Crippen LogP contribution < -0.4 is 0 Å². The van der Waals surface area contributed by atoms with E-state index in [2.05, 4.69) is 22.6 Å². The highest BCUT2D eigenvalue weighted by Gasteiger charge is 2.25. The Balaban J connectivity index is 1.89. The highest BCUT2D eigenvalue weighted by atomic mass is 127. The van der Waals surface area contributed by atoms with Crippen LogP contribution in [0.25, 0.3) is 0 Å². The van der Waals surface area contributed by atoms with E-state index in [0.717, 1.165) is 8.45 Å². The number of ether oxygens (including phenoxy) is 1. The molecule has 0 unspecified atom stereocenters. The minimum absolute atomic E-state index is 0.0441. The number of hydrogen-bond donors (Lipinski definition) is 0. The SMILES string of the molecule is CCOC(=O)N1CCN(C(=O)c2csc(I)c2)CC1. The molecule has 1 aromatic heterocycles. The van der Waals surface area contributed by atoms with Crippen LogP contribution in [0.2, 0.25) is 0 Å². The van der Waals surface area contributed by atoms with Gasteiger partial charge in [0.15, 0.2) is 0 Å². The van der Waals surface area contributed by atoms with E-state index in [1.165, 1.54) is 0 Å². The summed E-state index contributed by atoms with van der Waals surface area (Å²) in [6.45, 7) is 4.35. The van der Waals surface area contributed by atoms with Crippen molar-refractivity contribution >= 4 is 45.9 Å². The average Bonchev–Trinajstić information content (AvgIpc) is 2.85. The third kappa shape index (κ3) is 3.59. The summed E-state index contributed by atoms with van der Waals surface area (Å²) in [6, 6.07) is 1.89. The lowest BCUT2D eigenvalue weighted by Crippen LogP contribution is -2.50. The van der Waals surface area contributed by atoms with Gasteiger partial charge < -0.3 is 14.5 Å². The van der Waals surface area contributed by atoms with Gasteiger partial charge in [0.05, 0.1) is 15.1 Å². The fourth-order valence-corrected chi connectivity index (χ4v) is 3.23. The predicted molar refractivity (Wildman–Crippen MR) is 81.5 cm³/mol. The van der Waals surface area contributed by atoms with Crippen LogP contribution in [0.5, 0.6) is 0 Å². The molecule has 5 nitrogen and oxygen atoms in total. The molecule has 1 aliphatic heterocycles. The number of nitrogens with zero attached hydrogens (tertiary/aromatic N) is 2. The minimum Gasteiger partial charge on any atom is -0.450 e. The molecule has 0 spiro atoms. The first-order chi connectivity index (χ1) is 9.11. The van der Waals surface area contributed by atoms with Gasteiger partial charge in [-0.25, -0.2) is 4.79 Å². The van der Waals surface area contributed by atoms with Gasteiger partial charge in [0, 0.05) is 31.6 Å². The van der Waals surface area contributed by atoms with Crippen LogP contribution in [0.1, 0.15) is 17.3 Å². The van der Waals surface area contributed by atoms with Crippen molar-refractivity contribution in [3.8, 4) is 0 Å². The van der Waals surface area contributed by atoms with Crippen molar-refractivity contribution in [2.45, 2.75) is 6.92 Å². The summed E-state index contributed by atoms with van der Waals surface area (Å²) in [4.78, 5) is 27.2. The number of halogens is 1. The Hall–Kier alpha value is -0.830. The number of thiophene rings is 1. The predicted octanol–water partition coefficient (Wildman–Crippen LogP) is 2.27. The van der Waals surface area contributed by atoms with Gasteiger partial charge in [-0.2, -0.15) is 0 Å². The maximum atomic E-state index is 12.2. The fraction of sp³-hybridized carbons (Fsp3) is 0.500. The highest BCUT2D eigenvalue weighted by Crippen LogP contribution is 2.18. The van der Waals surface area contributed by atoms with Crippen molar-refractivity contribution in [3.05, 3.63) is 19.9 Å². The molecule has 104 valence electrons. The molecule has 0 aromatic carbocycles. The second kappa shape index (κ2) is 6.56. The first-order valence-corrected chi connectivity index (χ1v) is 8.02. The Morgan fingerprint density at radius 3 is 2.47 bits per heavy atom. The molecular formula is C12H15IN2O3S. The van der Waals surface area contributed by atoms with Crippen molar-refractivity contribution in [1.82, 2.24) is 9.80 Å². The van der Waals surface area contributed by atoms with Gasteiger partial charge in [0.2, 0.25) is 0 Å². The molecular weight excluding hydrogens is 379 g/mol. The summed E-state index contributed by atoms with van der Waals surface area (Å²) in [5.41, 5.74) is 0.735. The Kier molecular flexibility index (Phi) is 5.03. The second-order valence-corrected chi connectivity index (χ2v) is 6.92. The van der Waals surface area contributed by atoms with E-state index in [-0.39, 0.29) is 12.0 Å². The van der Waals surface area contributed by atoms with Crippen LogP contribution in [0.4, 0.5) is 4.79 Å². The lowest BCUT2D eigenvalue weighted by atomic mass is 10.2. The monoisotopic (exact) mass is 394 g/mol. The van der Waals surface area contributed by atoms with E-state index in [9.17, 15) is 9.59 Å². The summed E-state index contributed by atoms with van der Waals surface area (Å²) in [5.74, 6) is 0.0441. The highest BCUT2D eigenvalue weighted by molar-refractivity contribution is 14.1. The molecule has 1 aliphatic rings. The minimum atomic E-state index is -0.292. The normalized spacial score (nSPS) is 15.5. The van der Waals surface area contributed by atoms with Gasteiger partial charge in [-0.3, -0.25) is 4.79 Å². The van der Waals surface area contributed by atoms with Crippen molar-refractivity contribution < 1.29 is 14.3 Å². The molecule has 0 N–H and O–H groups in total. The molecule has 19 heavy (non-hydrogen) atoms. The van der Waals surface area contributed by atoms with Gasteiger partial charge in [-0.15, -0.1) is 11.3 Å². The van der Waals surface area contributed by atoms with Gasteiger partial charge in [0.1, 0.15) is 0 Å². The summed E-state index contributed by atoms with van der Waals surface area (Å²) in [5, 5.41) is 1.88. The summed E-state index contributed by atoms with van der Waals surface area (Å²) in [6.07, 6.45) is -0.292. The number of rotatable bonds is 2. The number of amides is 2. The number of hydrogen-bond acceptors (Lipinski definition) is 4. The molecule has 0 aliphatic carbocycles. The maximum Gasteiger partial charge on any atom is 0.409 e. The number of carbonyl (C=O) groups is 2. The molecule has 0 atom stereocenters. The quantitative estimate of drug-likeness (QED) is 0.724. The second-order valence-electron chi connectivity index (χ2n) is 4.12. The summed E-state index contributed by atoms with van der Waals surface area (Å²) in [7, 11) is 0. The smallest absolute Gasteiger partial charge is 0.409 e. The van der Waals surface area contributed by atoms with Gasteiger partial charge in [0.25, 0.3) is 5.91 Å². The van der Waals surface area contributed by atoms with E-state index >= 15 is 0 Å². The summed E-state index contributed by atoms with van der Waals surface area (Å²) >= 11 is 3.77. The standard InChI is InChI=1S/C12H15IN2O3S/c1-2-18-12(17)15-5-3-14(4-6-15)11(16)9-7-10(13)19-8-9/h7-8H,2-6H2,1H3. The lowest BCUT2D eigenvalue weighted by molar-refractivity contribution is 0.0571. The molecule has 1 aromatic rings. The lowest BCUT2D eigenvalue weighted by Gasteiger charge is -2.33. The van der Waals surface area contributed by atoms with Crippen molar-refractivity contribution in [3.63, 3.8) is 0 Å². The molecule has 0 saturated carbocycles. The van der Waals surface area contributed by atoms with Crippen LogP contribution in [0, 0.1) is 2.88 Å². The van der Waals surface area contributed by atoms with E-state index in [1.807, 2.05) is 11.4 Å². The fourth-order valence-electron chi connectivity index (χ4n) is 1.91. The molecule has 2 amide bonds. The third-order valence-electron chi connectivity index (χ3n) is 2.91. The Morgan fingerprint density at radius 1 is 1.32 bits per heavy atom. The molecule has 7 heteroatoms. The molecule has 2 heterocycles. The van der Waals surface area contributed by atoms with Crippen molar-refractivity contribution in [1.29, 1.82) is 0 Å². The Labute approximate surface area is 129 Å². The molecule has 1 saturated heterocycles. The zero-order chi connectivity index (χ0) is 13.8. The van der Waals surface area contributed by atoms with Gasteiger partial charge in [-0.1, -0.05) is 0 Å². The average molecular weight is 394 g/mol. The first-order valence-electron chi connectivity index (χ1n) is 6.07. The largest absolute Gasteiger partial charge is 0.450 e.